The number of aromatic carboxylic acids is 1. The zero-order valence-corrected chi connectivity index (χ0v) is 9.29. The molecule has 88 valence electrons. The first-order chi connectivity index (χ1) is 8.11. The Labute approximate surface area is 97.7 Å². The molecule has 0 atom stereocenters. The fourth-order valence-electron chi connectivity index (χ4n) is 1.48. The molecule has 0 amide bonds. The number of carbonyl (C=O) groups is 1. The third kappa shape index (κ3) is 2.10. The van der Waals surface area contributed by atoms with Crippen LogP contribution in [0.1, 0.15) is 23.1 Å². The van der Waals surface area contributed by atoms with E-state index in [4.69, 9.17) is 10.8 Å². The number of aromatic nitrogens is 3. The van der Waals surface area contributed by atoms with Crippen LogP contribution in [0.2, 0.25) is 0 Å². The third-order valence-corrected chi connectivity index (χ3v) is 2.41. The molecule has 0 saturated heterocycles. The molecule has 1 aromatic carbocycles. The Balaban J connectivity index is 2.41. The number of hydrogen-bond acceptors (Lipinski definition) is 4. The average molecular weight is 232 g/mol. The number of rotatable bonds is 3. The number of carboxylic acid groups (broad SMARTS) is 1. The molecule has 1 heterocycles. The lowest BCUT2D eigenvalue weighted by molar-refractivity contribution is 0.0683. The Morgan fingerprint density at radius 3 is 2.53 bits per heavy atom. The maximum Gasteiger partial charge on any atom is 0.375 e. The van der Waals surface area contributed by atoms with Crippen LogP contribution < -0.4 is 5.73 Å². The second-order valence-corrected chi connectivity index (χ2v) is 3.53. The van der Waals surface area contributed by atoms with Gasteiger partial charge in [0.15, 0.2) is 0 Å². The molecule has 3 N–H and O–H groups in total. The molecule has 6 heteroatoms. The van der Waals surface area contributed by atoms with Crippen LogP contribution >= 0.6 is 0 Å². The highest BCUT2D eigenvalue weighted by molar-refractivity contribution is 5.83. The molecule has 0 aliphatic heterocycles. The Morgan fingerprint density at radius 1 is 1.41 bits per heavy atom. The van der Waals surface area contributed by atoms with E-state index in [-0.39, 0.29) is 11.8 Å². The number of nitrogens with zero attached hydrogens (tertiary/aromatic N) is 3. The zero-order chi connectivity index (χ0) is 12.4. The molecule has 0 bridgehead atoms. The van der Waals surface area contributed by atoms with Gasteiger partial charge in [-0.05, 0) is 24.1 Å². The summed E-state index contributed by atoms with van der Waals surface area (Å²) in [6.45, 7) is 2.06. The van der Waals surface area contributed by atoms with Gasteiger partial charge in [0.05, 0.1) is 5.69 Å². The predicted molar refractivity (Wildman–Crippen MR) is 62.1 cm³/mol. The van der Waals surface area contributed by atoms with Gasteiger partial charge in [-0.15, -0.1) is 5.10 Å². The van der Waals surface area contributed by atoms with Gasteiger partial charge in [0, 0.05) is 0 Å². The highest BCUT2D eigenvalue weighted by Crippen LogP contribution is 2.13. The van der Waals surface area contributed by atoms with E-state index in [0.717, 1.165) is 6.42 Å². The molecule has 0 saturated carbocycles. The molecular weight excluding hydrogens is 220 g/mol. The van der Waals surface area contributed by atoms with Crippen molar-refractivity contribution >= 4 is 11.9 Å². The minimum Gasteiger partial charge on any atom is -0.475 e. The Morgan fingerprint density at radius 2 is 2.06 bits per heavy atom. The van der Waals surface area contributed by atoms with Gasteiger partial charge in [0.25, 0.3) is 5.82 Å². The van der Waals surface area contributed by atoms with Gasteiger partial charge >= 0.3 is 5.97 Å². The molecule has 0 aliphatic carbocycles. The maximum atomic E-state index is 10.7. The lowest BCUT2D eigenvalue weighted by Crippen LogP contribution is -2.03. The van der Waals surface area contributed by atoms with Crippen LogP contribution in [0, 0.1) is 0 Å². The minimum absolute atomic E-state index is 0.0617. The molecule has 0 spiro atoms. The topological polar surface area (TPSA) is 94.0 Å². The fourth-order valence-corrected chi connectivity index (χ4v) is 1.48. The Bertz CT molecular complexity index is 545. The number of benzene rings is 1. The number of anilines is 1. The summed E-state index contributed by atoms with van der Waals surface area (Å²) in [5.41, 5.74) is 7.49. The lowest BCUT2D eigenvalue weighted by atomic mass is 10.1. The smallest absolute Gasteiger partial charge is 0.375 e. The lowest BCUT2D eigenvalue weighted by Gasteiger charge is -2.03. The van der Waals surface area contributed by atoms with Gasteiger partial charge in [0.1, 0.15) is 0 Å². The van der Waals surface area contributed by atoms with Gasteiger partial charge in [-0.25, -0.2) is 4.79 Å². The predicted octanol–water partition coefficient (Wildman–Crippen LogP) is 1.11. The number of nitrogen functional groups attached to an aromatic ring is 1. The Kier molecular flexibility index (Phi) is 2.78. The van der Waals surface area contributed by atoms with Crippen LogP contribution in [-0.2, 0) is 6.42 Å². The third-order valence-electron chi connectivity index (χ3n) is 2.41. The molecule has 6 nitrogen and oxygen atoms in total. The summed E-state index contributed by atoms with van der Waals surface area (Å²) in [6.07, 6.45) is 0.938. The molecular formula is C11H12N4O2. The van der Waals surface area contributed by atoms with E-state index in [9.17, 15) is 4.79 Å². The zero-order valence-electron chi connectivity index (χ0n) is 9.29. The van der Waals surface area contributed by atoms with E-state index < -0.39 is 5.97 Å². The van der Waals surface area contributed by atoms with Crippen molar-refractivity contribution in [2.75, 3.05) is 5.73 Å². The summed E-state index contributed by atoms with van der Waals surface area (Å²) in [7, 11) is 0. The van der Waals surface area contributed by atoms with E-state index in [2.05, 4.69) is 17.0 Å². The van der Waals surface area contributed by atoms with Gasteiger partial charge < -0.3 is 10.8 Å². The van der Waals surface area contributed by atoms with Crippen LogP contribution in [0.4, 0.5) is 5.95 Å². The molecule has 0 fully saturated rings. The number of nitrogens with two attached hydrogens (primary N) is 1. The molecule has 0 aliphatic rings. The molecule has 17 heavy (non-hydrogen) atoms. The van der Waals surface area contributed by atoms with Crippen molar-refractivity contribution in [3.8, 4) is 5.69 Å². The first-order valence-electron chi connectivity index (χ1n) is 5.17. The van der Waals surface area contributed by atoms with E-state index in [1.54, 1.807) is 0 Å². The van der Waals surface area contributed by atoms with E-state index >= 15 is 0 Å². The standard InChI is InChI=1S/C11H12N4O2/c1-2-7-3-5-8(6-4-7)15-11(12)13-9(14-15)10(16)17/h3-6H,2H2,1H3,(H,16,17)(H2,12,13,14). The van der Waals surface area contributed by atoms with E-state index in [1.807, 2.05) is 24.3 Å². The van der Waals surface area contributed by atoms with Crippen LogP contribution in [0.3, 0.4) is 0 Å². The molecule has 0 radical (unpaired) electrons. The number of hydrogen-bond donors (Lipinski definition) is 2. The van der Waals surface area contributed by atoms with Crippen LogP contribution in [0.5, 0.6) is 0 Å². The second kappa shape index (κ2) is 4.25. The van der Waals surface area contributed by atoms with Gasteiger partial charge in [-0.2, -0.15) is 9.67 Å². The van der Waals surface area contributed by atoms with E-state index in [1.165, 1.54) is 10.2 Å². The van der Waals surface area contributed by atoms with Crippen molar-refractivity contribution in [1.29, 1.82) is 0 Å². The fraction of sp³-hybridized carbons (Fsp3) is 0.182. The highest BCUT2D eigenvalue weighted by atomic mass is 16.4. The van der Waals surface area contributed by atoms with Crippen molar-refractivity contribution in [3.05, 3.63) is 35.7 Å². The largest absolute Gasteiger partial charge is 0.475 e. The van der Waals surface area contributed by atoms with E-state index in [0.29, 0.717) is 5.69 Å². The summed E-state index contributed by atoms with van der Waals surface area (Å²) in [6, 6.07) is 7.54. The van der Waals surface area contributed by atoms with Crippen LogP contribution in [0.25, 0.3) is 5.69 Å². The SMILES string of the molecule is CCc1ccc(-n2nc(C(=O)O)nc2N)cc1. The van der Waals surface area contributed by atoms with Crippen molar-refractivity contribution in [2.24, 2.45) is 0 Å². The summed E-state index contributed by atoms with van der Waals surface area (Å²) < 4.78 is 1.31. The quantitative estimate of drug-likeness (QED) is 0.826. The van der Waals surface area contributed by atoms with Gasteiger partial charge in [-0.3, -0.25) is 0 Å². The van der Waals surface area contributed by atoms with Crippen LogP contribution in [-0.4, -0.2) is 25.8 Å². The molecule has 0 unspecified atom stereocenters. The summed E-state index contributed by atoms with van der Waals surface area (Å²) in [5.74, 6) is -1.44. The van der Waals surface area contributed by atoms with Crippen molar-refractivity contribution < 1.29 is 9.90 Å². The summed E-state index contributed by atoms with van der Waals surface area (Å²) >= 11 is 0. The first-order valence-corrected chi connectivity index (χ1v) is 5.17. The van der Waals surface area contributed by atoms with Crippen LogP contribution in [0.15, 0.2) is 24.3 Å². The summed E-state index contributed by atoms with van der Waals surface area (Å²) in [5, 5.41) is 12.6. The van der Waals surface area contributed by atoms with Gasteiger partial charge in [-0.1, -0.05) is 19.1 Å². The maximum absolute atomic E-state index is 10.7. The van der Waals surface area contributed by atoms with Crippen molar-refractivity contribution in [2.45, 2.75) is 13.3 Å². The van der Waals surface area contributed by atoms with Crippen molar-refractivity contribution in [3.63, 3.8) is 0 Å². The average Bonchev–Trinajstić information content (AvgIpc) is 2.72. The normalized spacial score (nSPS) is 10.4. The Hall–Kier alpha value is -2.37. The molecule has 2 aromatic rings. The monoisotopic (exact) mass is 232 g/mol. The second-order valence-electron chi connectivity index (χ2n) is 3.53. The number of carboxylic acids is 1. The van der Waals surface area contributed by atoms with Gasteiger partial charge in [0.2, 0.25) is 5.95 Å². The minimum atomic E-state index is -1.19. The highest BCUT2D eigenvalue weighted by Gasteiger charge is 2.14. The molecule has 1 aromatic heterocycles. The van der Waals surface area contributed by atoms with Crippen molar-refractivity contribution in [1.82, 2.24) is 14.8 Å². The summed E-state index contributed by atoms with van der Waals surface area (Å²) in [4.78, 5) is 14.4. The molecule has 2 rings (SSSR count). The number of aryl methyl sites for hydroxylation is 1. The first kappa shape index (κ1) is 11.1.